The number of carbonyl (C=O) groups excluding carboxylic acids is 1. The highest BCUT2D eigenvalue weighted by molar-refractivity contribution is 7.89. The molecule has 2 saturated heterocycles. The summed E-state index contributed by atoms with van der Waals surface area (Å²) >= 11 is 0. The van der Waals surface area contributed by atoms with Crippen LogP contribution in [0.3, 0.4) is 0 Å². The standard InChI is InChI=1S/C21H33N3O3S/c1-15-14-16(2)18(4)19(17(15)3)28(26,27)24-12-8-21(9-13-24,20(22)25)23-10-6-5-7-11-23/h14H,5-13H2,1-4H3,(H2,22,25)/p+1. The minimum atomic E-state index is -3.60. The summed E-state index contributed by atoms with van der Waals surface area (Å²) in [5.74, 6) is -0.278. The van der Waals surface area contributed by atoms with Gasteiger partial charge in [0.2, 0.25) is 10.0 Å². The van der Waals surface area contributed by atoms with E-state index >= 15 is 0 Å². The van der Waals surface area contributed by atoms with Crippen LogP contribution < -0.4 is 10.6 Å². The lowest BCUT2D eigenvalue weighted by Crippen LogP contribution is -3.22. The van der Waals surface area contributed by atoms with Crippen molar-refractivity contribution in [3.63, 3.8) is 0 Å². The van der Waals surface area contributed by atoms with Crippen LogP contribution in [0.5, 0.6) is 0 Å². The summed E-state index contributed by atoms with van der Waals surface area (Å²) in [5, 5.41) is 0. The lowest BCUT2D eigenvalue weighted by Gasteiger charge is -2.44. The number of aryl methyl sites for hydroxylation is 2. The van der Waals surface area contributed by atoms with E-state index in [2.05, 4.69) is 0 Å². The Labute approximate surface area is 169 Å². The Morgan fingerprint density at radius 3 is 1.96 bits per heavy atom. The van der Waals surface area contributed by atoms with Crippen LogP contribution in [0.2, 0.25) is 0 Å². The maximum absolute atomic E-state index is 13.5. The van der Waals surface area contributed by atoms with E-state index < -0.39 is 15.6 Å². The third-order valence-corrected chi connectivity index (χ3v) is 9.25. The first-order chi connectivity index (χ1) is 13.1. The van der Waals surface area contributed by atoms with Crippen molar-refractivity contribution in [2.24, 2.45) is 5.73 Å². The third-order valence-electron chi connectivity index (χ3n) is 7.08. The molecule has 3 rings (SSSR count). The third kappa shape index (κ3) is 3.48. The summed E-state index contributed by atoms with van der Waals surface area (Å²) in [4.78, 5) is 14.1. The highest BCUT2D eigenvalue weighted by Crippen LogP contribution is 2.31. The largest absolute Gasteiger partial charge is 0.364 e. The molecule has 0 saturated carbocycles. The quantitative estimate of drug-likeness (QED) is 0.779. The van der Waals surface area contributed by atoms with E-state index in [9.17, 15) is 13.2 Å². The lowest BCUT2D eigenvalue weighted by molar-refractivity contribution is -0.948. The molecule has 2 fully saturated rings. The molecule has 28 heavy (non-hydrogen) atoms. The van der Waals surface area contributed by atoms with E-state index in [0.29, 0.717) is 30.8 Å². The van der Waals surface area contributed by atoms with Crippen molar-refractivity contribution < 1.29 is 18.1 Å². The van der Waals surface area contributed by atoms with E-state index in [-0.39, 0.29) is 5.91 Å². The normalized spacial score (nSPS) is 21.6. The average molecular weight is 409 g/mol. The Bertz CT molecular complexity index is 839. The number of benzene rings is 1. The van der Waals surface area contributed by atoms with Gasteiger partial charge < -0.3 is 10.6 Å². The summed E-state index contributed by atoms with van der Waals surface area (Å²) < 4.78 is 28.5. The van der Waals surface area contributed by atoms with Gasteiger partial charge in [0, 0.05) is 25.9 Å². The fourth-order valence-corrected chi connectivity index (χ4v) is 7.05. The molecule has 0 aromatic heterocycles. The smallest absolute Gasteiger partial charge is 0.278 e. The number of nitrogens with two attached hydrogens (primary N) is 1. The molecular weight excluding hydrogens is 374 g/mol. The molecule has 2 aliphatic rings. The number of rotatable bonds is 4. The number of hydrogen-bond donors (Lipinski definition) is 2. The second kappa shape index (κ2) is 7.76. The number of piperidine rings is 2. The number of nitrogens with one attached hydrogen (secondary N) is 1. The number of primary amides is 1. The van der Waals surface area contributed by atoms with E-state index in [4.69, 9.17) is 5.73 Å². The van der Waals surface area contributed by atoms with Gasteiger partial charge >= 0.3 is 0 Å². The maximum Gasteiger partial charge on any atom is 0.278 e. The van der Waals surface area contributed by atoms with E-state index in [1.807, 2.05) is 33.8 Å². The SMILES string of the molecule is Cc1cc(C)c(C)c(S(=O)(=O)N2CCC(C(N)=O)([NH+]3CCCCC3)CC2)c1C. The van der Waals surface area contributed by atoms with Gasteiger partial charge in [-0.05, 0) is 69.2 Å². The first kappa shape index (κ1) is 21.3. The van der Waals surface area contributed by atoms with Crippen molar-refractivity contribution in [2.75, 3.05) is 26.2 Å². The predicted octanol–water partition coefficient (Wildman–Crippen LogP) is 0.998. The fraction of sp³-hybridized carbons (Fsp3) is 0.667. The molecule has 2 heterocycles. The van der Waals surface area contributed by atoms with E-state index in [0.717, 1.165) is 48.2 Å². The first-order valence-electron chi connectivity index (χ1n) is 10.3. The molecule has 6 nitrogen and oxygen atoms in total. The second-order valence-electron chi connectivity index (χ2n) is 8.60. The van der Waals surface area contributed by atoms with Gasteiger partial charge in [-0.15, -0.1) is 0 Å². The summed E-state index contributed by atoms with van der Waals surface area (Å²) in [6.45, 7) is 10.3. The van der Waals surface area contributed by atoms with Gasteiger partial charge in [-0.1, -0.05) is 6.07 Å². The lowest BCUT2D eigenvalue weighted by atomic mass is 9.84. The minimum Gasteiger partial charge on any atom is -0.364 e. The molecule has 1 aromatic carbocycles. The Morgan fingerprint density at radius 2 is 1.50 bits per heavy atom. The van der Waals surface area contributed by atoms with Crippen LogP contribution in [0.15, 0.2) is 11.0 Å². The zero-order valence-corrected chi connectivity index (χ0v) is 18.4. The topological polar surface area (TPSA) is 84.9 Å². The number of amides is 1. The highest BCUT2D eigenvalue weighted by atomic mass is 32.2. The molecule has 1 aromatic rings. The fourth-order valence-electron chi connectivity index (χ4n) is 5.04. The number of carbonyl (C=O) groups is 1. The van der Waals surface area contributed by atoms with Crippen molar-refractivity contribution in [1.29, 1.82) is 0 Å². The highest BCUT2D eigenvalue weighted by Gasteiger charge is 2.50. The zero-order chi connectivity index (χ0) is 20.7. The van der Waals surface area contributed by atoms with Crippen molar-refractivity contribution in [3.8, 4) is 0 Å². The summed E-state index contributed by atoms with van der Waals surface area (Å²) in [7, 11) is -3.60. The van der Waals surface area contributed by atoms with E-state index in [1.54, 1.807) is 4.31 Å². The summed E-state index contributed by atoms with van der Waals surface area (Å²) in [5.41, 5.74) is 8.84. The van der Waals surface area contributed by atoms with Gasteiger partial charge in [-0.2, -0.15) is 4.31 Å². The van der Waals surface area contributed by atoms with Crippen molar-refractivity contribution in [1.82, 2.24) is 4.31 Å². The van der Waals surface area contributed by atoms with Gasteiger partial charge in [0.05, 0.1) is 18.0 Å². The second-order valence-corrected chi connectivity index (χ2v) is 10.5. The number of likely N-dealkylation sites (tertiary alicyclic amines) is 1. The van der Waals surface area contributed by atoms with Crippen LogP contribution in [0, 0.1) is 27.7 Å². The zero-order valence-electron chi connectivity index (χ0n) is 17.6. The molecule has 0 radical (unpaired) electrons. The Balaban J connectivity index is 1.89. The monoisotopic (exact) mass is 408 g/mol. The molecule has 1 amide bonds. The molecular formula is C21H34N3O3S+. The van der Waals surface area contributed by atoms with Crippen LogP contribution in [0.25, 0.3) is 0 Å². The molecule has 0 spiro atoms. The Morgan fingerprint density at radius 1 is 1.00 bits per heavy atom. The van der Waals surface area contributed by atoms with Gasteiger partial charge in [0.1, 0.15) is 0 Å². The van der Waals surface area contributed by atoms with Crippen molar-refractivity contribution in [3.05, 3.63) is 28.3 Å². The van der Waals surface area contributed by atoms with Crippen molar-refractivity contribution >= 4 is 15.9 Å². The molecule has 3 N–H and O–H groups in total. The summed E-state index contributed by atoms with van der Waals surface area (Å²) in [6, 6.07) is 2.04. The minimum absolute atomic E-state index is 0.278. The van der Waals surface area contributed by atoms with Gasteiger partial charge in [0.25, 0.3) is 5.91 Å². The number of hydrogen-bond acceptors (Lipinski definition) is 3. The van der Waals surface area contributed by atoms with Gasteiger partial charge in [-0.3, -0.25) is 4.79 Å². The molecule has 0 atom stereocenters. The van der Waals surface area contributed by atoms with Gasteiger partial charge in [-0.25, -0.2) is 8.42 Å². The Kier molecular flexibility index (Phi) is 5.90. The van der Waals surface area contributed by atoms with Crippen LogP contribution in [0.1, 0.15) is 54.4 Å². The predicted molar refractivity (Wildman–Crippen MR) is 110 cm³/mol. The van der Waals surface area contributed by atoms with E-state index in [1.165, 1.54) is 11.3 Å². The molecule has 156 valence electrons. The number of nitrogens with zero attached hydrogens (tertiary/aromatic N) is 1. The van der Waals surface area contributed by atoms with Crippen LogP contribution in [-0.4, -0.2) is 50.3 Å². The van der Waals surface area contributed by atoms with Crippen molar-refractivity contribution in [2.45, 2.75) is 70.2 Å². The average Bonchev–Trinajstić information content (AvgIpc) is 2.67. The molecule has 7 heteroatoms. The van der Waals surface area contributed by atoms with Crippen LogP contribution in [0.4, 0.5) is 0 Å². The molecule has 0 aliphatic carbocycles. The van der Waals surface area contributed by atoms with Crippen LogP contribution in [-0.2, 0) is 14.8 Å². The molecule has 0 bridgehead atoms. The summed E-state index contributed by atoms with van der Waals surface area (Å²) in [6.07, 6.45) is 4.41. The molecule has 0 unspecified atom stereocenters. The number of sulfonamides is 1. The van der Waals surface area contributed by atoms with Gasteiger partial charge in [0.15, 0.2) is 5.54 Å². The van der Waals surface area contributed by atoms with Crippen LogP contribution >= 0.6 is 0 Å². The Hall–Kier alpha value is -1.44. The first-order valence-corrected chi connectivity index (χ1v) is 11.8. The number of quaternary nitrogens is 1. The maximum atomic E-state index is 13.5. The molecule has 2 aliphatic heterocycles.